The van der Waals surface area contributed by atoms with E-state index in [1.54, 1.807) is 26.8 Å². The first kappa shape index (κ1) is 33.6. The first-order valence-corrected chi connectivity index (χ1v) is 16.6. The Balaban J connectivity index is 1.84. The van der Waals surface area contributed by atoms with Crippen LogP contribution in [0.1, 0.15) is 51.9 Å². The topological polar surface area (TPSA) is 176 Å². The zero-order valence-electron chi connectivity index (χ0n) is 24.2. The zero-order chi connectivity index (χ0) is 31.9. The zero-order valence-corrected chi connectivity index (χ0v) is 26.6. The second-order valence-corrected chi connectivity index (χ2v) is 13.1. The number of aromatic nitrogens is 1. The number of hydrogen-bond acceptors (Lipinski definition) is 12. The Morgan fingerprint density at radius 1 is 0.907 bits per heavy atom. The number of fused-ring (bicyclic) bond motifs is 1. The number of esters is 3. The van der Waals surface area contributed by atoms with Gasteiger partial charge in [-0.1, -0.05) is 17.4 Å². The van der Waals surface area contributed by atoms with Gasteiger partial charge in [0, 0.05) is 0 Å². The molecule has 16 heteroatoms. The van der Waals surface area contributed by atoms with Crippen molar-refractivity contribution < 1.29 is 46.6 Å². The van der Waals surface area contributed by atoms with E-state index in [9.17, 15) is 32.4 Å². The summed E-state index contributed by atoms with van der Waals surface area (Å²) in [6.45, 7) is 8.21. The van der Waals surface area contributed by atoms with Crippen LogP contribution in [0.3, 0.4) is 0 Å². The maximum absolute atomic E-state index is 12.8. The molecule has 3 rings (SSSR count). The molecule has 0 aliphatic rings. The predicted octanol–water partition coefficient (Wildman–Crippen LogP) is 2.78. The molecule has 0 saturated heterocycles. The second kappa shape index (κ2) is 14.5. The largest absolute Gasteiger partial charge is 0.465 e. The molecule has 0 aliphatic carbocycles. The normalized spacial score (nSPS) is 11.8. The summed E-state index contributed by atoms with van der Waals surface area (Å²) in [6, 6.07) is 5.43. The van der Waals surface area contributed by atoms with Gasteiger partial charge in [0.15, 0.2) is 14.6 Å². The highest BCUT2D eigenvalue weighted by atomic mass is 32.2. The van der Waals surface area contributed by atoms with Crippen LogP contribution in [-0.2, 0) is 45.0 Å². The van der Waals surface area contributed by atoms with Gasteiger partial charge in [-0.2, -0.15) is 4.99 Å². The number of hydrogen-bond donors (Lipinski definition) is 1. The number of aryl methyl sites for hydroxylation is 1. The van der Waals surface area contributed by atoms with Gasteiger partial charge >= 0.3 is 17.9 Å². The molecule has 3 aromatic rings. The van der Waals surface area contributed by atoms with Crippen molar-refractivity contribution in [3.05, 3.63) is 44.6 Å². The van der Waals surface area contributed by atoms with Crippen LogP contribution < -0.4 is 10.1 Å². The Labute approximate surface area is 255 Å². The maximum atomic E-state index is 12.8. The average molecular weight is 654 g/mol. The van der Waals surface area contributed by atoms with Gasteiger partial charge in [-0.25, -0.2) is 18.0 Å². The third-order valence-corrected chi connectivity index (χ3v) is 9.30. The van der Waals surface area contributed by atoms with Crippen LogP contribution in [0.15, 0.2) is 23.2 Å². The molecule has 43 heavy (non-hydrogen) atoms. The monoisotopic (exact) mass is 653 g/mol. The molecule has 0 spiro atoms. The molecular formula is C27H31N3O10S3. The lowest BCUT2D eigenvalue weighted by atomic mass is 10.1. The van der Waals surface area contributed by atoms with E-state index in [1.165, 1.54) is 11.5 Å². The average Bonchev–Trinajstić information content (AvgIpc) is 3.39. The summed E-state index contributed by atoms with van der Waals surface area (Å²) >= 11 is 1.84. The lowest BCUT2D eigenvalue weighted by molar-refractivity contribution is -0.143. The fourth-order valence-electron chi connectivity index (χ4n) is 3.94. The molecule has 2 heterocycles. The number of ether oxygens (including phenoxy) is 3. The molecule has 1 aromatic carbocycles. The molecule has 0 atom stereocenters. The van der Waals surface area contributed by atoms with Crippen molar-refractivity contribution in [1.82, 2.24) is 4.57 Å². The quantitative estimate of drug-likeness (QED) is 0.226. The van der Waals surface area contributed by atoms with Crippen molar-refractivity contribution in [2.45, 2.75) is 41.2 Å². The Morgan fingerprint density at radius 3 is 2.21 bits per heavy atom. The van der Waals surface area contributed by atoms with Crippen LogP contribution in [0.5, 0.6) is 0 Å². The Hall–Kier alpha value is -3.89. The van der Waals surface area contributed by atoms with E-state index in [1.807, 2.05) is 19.1 Å². The molecular weight excluding hydrogens is 623 g/mol. The number of anilines is 1. The van der Waals surface area contributed by atoms with E-state index in [4.69, 9.17) is 14.2 Å². The molecule has 13 nitrogen and oxygen atoms in total. The van der Waals surface area contributed by atoms with Crippen molar-refractivity contribution in [2.24, 2.45) is 4.99 Å². The molecule has 0 fully saturated rings. The van der Waals surface area contributed by atoms with E-state index < -0.39 is 51.1 Å². The van der Waals surface area contributed by atoms with Gasteiger partial charge in [0.2, 0.25) is 5.91 Å². The molecule has 1 N–H and O–H groups in total. The Morgan fingerprint density at radius 2 is 1.56 bits per heavy atom. The molecule has 2 aromatic heterocycles. The highest BCUT2D eigenvalue weighted by Crippen LogP contribution is 2.34. The van der Waals surface area contributed by atoms with Crippen molar-refractivity contribution in [3.63, 3.8) is 0 Å². The molecule has 0 radical (unpaired) electrons. The lowest BCUT2D eigenvalue weighted by Crippen LogP contribution is -2.29. The van der Waals surface area contributed by atoms with Crippen molar-refractivity contribution in [3.8, 4) is 0 Å². The smallest absolute Gasteiger partial charge is 0.348 e. The van der Waals surface area contributed by atoms with E-state index >= 15 is 0 Å². The summed E-state index contributed by atoms with van der Waals surface area (Å²) in [7, 11) is -4.33. The fraction of sp³-hybridized carbons (Fsp3) is 0.407. The minimum atomic E-state index is -4.33. The minimum Gasteiger partial charge on any atom is -0.465 e. The van der Waals surface area contributed by atoms with E-state index in [0.717, 1.165) is 32.9 Å². The number of nitrogens with zero attached hydrogens (tertiary/aromatic N) is 2. The molecule has 0 saturated carbocycles. The lowest BCUT2D eigenvalue weighted by Gasteiger charge is -2.07. The standard InChI is InChI=1S/C27H31N3O10S3/c1-6-38-21(33)12-30-17-10-9-15(4)11-18(17)41-27(30)29-20(32)14-43(36,37)13-19(31)28-24-22(25(34)39-7-2)16(5)23(42-24)26(35)40-8-3/h9-11H,6-8,12-14H2,1-5H3,(H,28,31). The third kappa shape index (κ3) is 8.58. The number of carbonyl (C=O) groups excluding carboxylic acids is 5. The molecule has 2 amide bonds. The maximum Gasteiger partial charge on any atom is 0.348 e. The van der Waals surface area contributed by atoms with Gasteiger partial charge in [-0.05, 0) is 57.9 Å². The Kier molecular flexibility index (Phi) is 11.4. The third-order valence-electron chi connectivity index (χ3n) is 5.69. The predicted molar refractivity (Wildman–Crippen MR) is 160 cm³/mol. The van der Waals surface area contributed by atoms with E-state index in [-0.39, 0.29) is 52.2 Å². The van der Waals surface area contributed by atoms with Gasteiger partial charge in [-0.15, -0.1) is 11.3 Å². The molecule has 232 valence electrons. The molecule has 0 bridgehead atoms. The number of thiazole rings is 1. The van der Waals surface area contributed by atoms with Crippen LogP contribution in [0.25, 0.3) is 10.2 Å². The van der Waals surface area contributed by atoms with Crippen LogP contribution >= 0.6 is 22.7 Å². The minimum absolute atomic E-state index is 0.0232. The van der Waals surface area contributed by atoms with E-state index in [2.05, 4.69) is 10.3 Å². The number of benzene rings is 1. The number of thiophene rings is 1. The van der Waals surface area contributed by atoms with Crippen LogP contribution in [0, 0.1) is 13.8 Å². The fourth-order valence-corrected chi connectivity index (χ4v) is 7.20. The van der Waals surface area contributed by atoms with Crippen molar-refractivity contribution in [2.75, 3.05) is 36.6 Å². The van der Waals surface area contributed by atoms with Crippen LogP contribution in [-0.4, -0.2) is 74.0 Å². The first-order chi connectivity index (χ1) is 20.3. The van der Waals surface area contributed by atoms with E-state index in [0.29, 0.717) is 5.52 Å². The second-order valence-electron chi connectivity index (χ2n) is 9.03. The summed E-state index contributed by atoms with van der Waals surface area (Å²) in [5.74, 6) is -6.35. The van der Waals surface area contributed by atoms with Gasteiger partial charge in [0.05, 0.1) is 35.6 Å². The summed E-state index contributed by atoms with van der Waals surface area (Å²) in [4.78, 5) is 66.7. The first-order valence-electron chi connectivity index (χ1n) is 13.1. The number of carbonyl (C=O) groups is 5. The van der Waals surface area contributed by atoms with Gasteiger partial charge in [0.25, 0.3) is 5.91 Å². The number of amides is 2. The Bertz CT molecular complexity index is 1750. The summed E-state index contributed by atoms with van der Waals surface area (Å²) in [5.41, 5.74) is 1.66. The van der Waals surface area contributed by atoms with Crippen LogP contribution in [0.4, 0.5) is 5.00 Å². The van der Waals surface area contributed by atoms with Crippen molar-refractivity contribution >= 4 is 77.5 Å². The van der Waals surface area contributed by atoms with Crippen LogP contribution in [0.2, 0.25) is 0 Å². The van der Waals surface area contributed by atoms with Gasteiger partial charge < -0.3 is 24.1 Å². The number of sulfone groups is 1. The molecule has 0 aliphatic heterocycles. The highest BCUT2D eigenvalue weighted by molar-refractivity contribution is 7.92. The number of rotatable bonds is 12. The van der Waals surface area contributed by atoms with Crippen molar-refractivity contribution in [1.29, 1.82) is 0 Å². The summed E-state index contributed by atoms with van der Waals surface area (Å²) < 4.78 is 42.8. The summed E-state index contributed by atoms with van der Waals surface area (Å²) in [6.07, 6.45) is 0. The van der Waals surface area contributed by atoms with Gasteiger partial charge in [0.1, 0.15) is 27.9 Å². The highest BCUT2D eigenvalue weighted by Gasteiger charge is 2.29. The van der Waals surface area contributed by atoms with Gasteiger partial charge in [-0.3, -0.25) is 14.4 Å². The number of nitrogens with one attached hydrogen (secondary N) is 1. The molecule has 0 unspecified atom stereocenters. The summed E-state index contributed by atoms with van der Waals surface area (Å²) in [5, 5.41) is 2.26. The SMILES string of the molecule is CCOC(=O)Cn1c(=NC(=O)CS(=O)(=O)CC(=O)Nc2sc(C(=O)OCC)c(C)c2C(=O)OCC)sc2cc(C)ccc21.